The number of hydrogen-bond acceptors (Lipinski definition) is 4. The summed E-state index contributed by atoms with van der Waals surface area (Å²) in [5.41, 5.74) is 0.989. The number of thioether (sulfide) groups is 1. The lowest BCUT2D eigenvalue weighted by Crippen LogP contribution is -2.16. The van der Waals surface area contributed by atoms with Gasteiger partial charge in [0.1, 0.15) is 0 Å². The number of non-ortho nitro benzene ring substituents is 1. The molecule has 6 heteroatoms. The van der Waals surface area contributed by atoms with Crippen LogP contribution in [0.1, 0.15) is 13.3 Å². The Hall–Kier alpha value is -0.750. The molecule has 4 nitrogen and oxygen atoms in total. The molecule has 0 radical (unpaired) electrons. The standard InChI is InChI=1S/C11H15BrN2O2S/c1-8(5-6-17-2)13-11-4-3-9(14(15)16)7-10(11)12/h3-4,7-8,13H,5-6H2,1-2H3. The highest BCUT2D eigenvalue weighted by atomic mass is 79.9. The Bertz CT molecular complexity index is 401. The van der Waals surface area contributed by atoms with Crippen molar-refractivity contribution in [1.82, 2.24) is 0 Å². The van der Waals surface area contributed by atoms with Gasteiger partial charge in [-0.05, 0) is 47.3 Å². The fourth-order valence-electron chi connectivity index (χ4n) is 1.37. The first-order valence-corrected chi connectivity index (χ1v) is 7.42. The molecule has 0 saturated carbocycles. The van der Waals surface area contributed by atoms with Crippen molar-refractivity contribution >= 4 is 39.1 Å². The maximum Gasteiger partial charge on any atom is 0.270 e. The predicted octanol–water partition coefficient (Wildman–Crippen LogP) is 3.91. The Morgan fingerprint density at radius 1 is 1.59 bits per heavy atom. The molecule has 0 aromatic heterocycles. The number of halogens is 1. The molecule has 0 saturated heterocycles. The van der Waals surface area contributed by atoms with E-state index in [1.165, 1.54) is 12.1 Å². The van der Waals surface area contributed by atoms with Crippen molar-refractivity contribution in [2.24, 2.45) is 0 Å². The fraction of sp³-hybridized carbons (Fsp3) is 0.455. The van der Waals surface area contributed by atoms with Crippen molar-refractivity contribution in [1.29, 1.82) is 0 Å². The number of rotatable bonds is 6. The Labute approximate surface area is 113 Å². The zero-order chi connectivity index (χ0) is 12.8. The molecular weight excluding hydrogens is 304 g/mol. The molecule has 0 fully saturated rings. The van der Waals surface area contributed by atoms with E-state index in [0.29, 0.717) is 6.04 Å². The number of benzene rings is 1. The molecule has 1 unspecified atom stereocenters. The van der Waals surface area contributed by atoms with Gasteiger partial charge in [-0.2, -0.15) is 11.8 Å². The van der Waals surface area contributed by atoms with Crippen LogP contribution >= 0.6 is 27.7 Å². The fourth-order valence-corrected chi connectivity index (χ4v) is 2.44. The third-order valence-corrected chi connectivity index (χ3v) is 3.62. The molecular formula is C11H15BrN2O2S. The number of nitrogens with one attached hydrogen (secondary N) is 1. The second-order valence-corrected chi connectivity index (χ2v) is 5.59. The van der Waals surface area contributed by atoms with Gasteiger partial charge in [0.05, 0.1) is 4.92 Å². The molecule has 0 heterocycles. The number of hydrogen-bond donors (Lipinski definition) is 1. The molecule has 0 aliphatic carbocycles. The van der Waals surface area contributed by atoms with E-state index in [9.17, 15) is 10.1 Å². The highest BCUT2D eigenvalue weighted by molar-refractivity contribution is 9.10. The van der Waals surface area contributed by atoms with Crippen LogP contribution < -0.4 is 5.32 Å². The number of nitro groups is 1. The lowest BCUT2D eigenvalue weighted by Gasteiger charge is -2.15. The number of nitrogens with zero attached hydrogens (tertiary/aromatic N) is 1. The third-order valence-electron chi connectivity index (χ3n) is 2.32. The Kier molecular flexibility index (Phi) is 5.77. The van der Waals surface area contributed by atoms with E-state index in [1.54, 1.807) is 6.07 Å². The summed E-state index contributed by atoms with van der Waals surface area (Å²) in [7, 11) is 0. The van der Waals surface area contributed by atoms with E-state index in [2.05, 4.69) is 34.4 Å². The molecule has 0 bridgehead atoms. The van der Waals surface area contributed by atoms with Crippen LogP contribution in [-0.2, 0) is 0 Å². The van der Waals surface area contributed by atoms with Crippen LogP contribution in [-0.4, -0.2) is 23.0 Å². The van der Waals surface area contributed by atoms with E-state index in [0.717, 1.165) is 22.3 Å². The van der Waals surface area contributed by atoms with E-state index in [-0.39, 0.29) is 5.69 Å². The summed E-state index contributed by atoms with van der Waals surface area (Å²) in [6, 6.07) is 5.11. The van der Waals surface area contributed by atoms with Gasteiger partial charge in [-0.25, -0.2) is 0 Å². The zero-order valence-corrected chi connectivity index (χ0v) is 12.2. The van der Waals surface area contributed by atoms with Crippen LogP contribution in [0.25, 0.3) is 0 Å². The maximum absolute atomic E-state index is 10.6. The molecule has 0 aliphatic rings. The largest absolute Gasteiger partial charge is 0.382 e. The SMILES string of the molecule is CSCCC(C)Nc1ccc([N+](=O)[O-])cc1Br. The summed E-state index contributed by atoms with van der Waals surface area (Å²) < 4.78 is 0.725. The highest BCUT2D eigenvalue weighted by Crippen LogP contribution is 2.27. The number of nitro benzene ring substituents is 1. The monoisotopic (exact) mass is 318 g/mol. The van der Waals surface area contributed by atoms with Crippen molar-refractivity contribution in [3.05, 3.63) is 32.8 Å². The highest BCUT2D eigenvalue weighted by Gasteiger charge is 2.10. The summed E-state index contributed by atoms with van der Waals surface area (Å²) in [5.74, 6) is 1.10. The van der Waals surface area contributed by atoms with Crippen LogP contribution in [0.15, 0.2) is 22.7 Å². The van der Waals surface area contributed by atoms with Gasteiger partial charge in [0.2, 0.25) is 0 Å². The first-order valence-electron chi connectivity index (χ1n) is 5.24. The summed E-state index contributed by atoms with van der Waals surface area (Å²) in [6.07, 6.45) is 3.14. The van der Waals surface area contributed by atoms with Crippen LogP contribution in [0, 0.1) is 10.1 Å². The molecule has 1 rings (SSSR count). The van der Waals surface area contributed by atoms with E-state index in [1.807, 2.05) is 11.8 Å². The lowest BCUT2D eigenvalue weighted by atomic mass is 10.2. The average molecular weight is 319 g/mol. The van der Waals surface area contributed by atoms with Gasteiger partial charge >= 0.3 is 0 Å². The quantitative estimate of drug-likeness (QED) is 0.638. The zero-order valence-electron chi connectivity index (χ0n) is 9.77. The third kappa shape index (κ3) is 4.55. The van der Waals surface area contributed by atoms with Crippen molar-refractivity contribution < 1.29 is 4.92 Å². The van der Waals surface area contributed by atoms with Crippen LogP contribution in [0.3, 0.4) is 0 Å². The van der Waals surface area contributed by atoms with Crippen molar-refractivity contribution in [2.75, 3.05) is 17.3 Å². The van der Waals surface area contributed by atoms with E-state index < -0.39 is 4.92 Å². The van der Waals surface area contributed by atoms with Gasteiger partial charge < -0.3 is 5.32 Å². The summed E-state index contributed by atoms with van der Waals surface area (Å²) in [6.45, 7) is 2.10. The average Bonchev–Trinajstić information content (AvgIpc) is 2.28. The van der Waals surface area contributed by atoms with E-state index >= 15 is 0 Å². The first kappa shape index (κ1) is 14.3. The Balaban J connectivity index is 2.69. The van der Waals surface area contributed by atoms with Gasteiger partial charge in [-0.15, -0.1) is 0 Å². The predicted molar refractivity (Wildman–Crippen MR) is 76.9 cm³/mol. The van der Waals surface area contributed by atoms with Crippen LogP contribution in [0.2, 0.25) is 0 Å². The van der Waals surface area contributed by atoms with Gasteiger partial charge in [0, 0.05) is 28.3 Å². The van der Waals surface area contributed by atoms with Gasteiger partial charge in [0.15, 0.2) is 0 Å². The normalized spacial score (nSPS) is 12.2. The minimum Gasteiger partial charge on any atom is -0.382 e. The molecule has 1 aromatic rings. The lowest BCUT2D eigenvalue weighted by molar-refractivity contribution is -0.384. The van der Waals surface area contributed by atoms with Gasteiger partial charge in [-0.1, -0.05) is 0 Å². The summed E-state index contributed by atoms with van der Waals surface area (Å²) >= 11 is 5.15. The van der Waals surface area contributed by atoms with Crippen molar-refractivity contribution in [2.45, 2.75) is 19.4 Å². The maximum atomic E-state index is 10.6. The molecule has 1 aromatic carbocycles. The minimum absolute atomic E-state index is 0.0965. The second kappa shape index (κ2) is 6.86. The molecule has 17 heavy (non-hydrogen) atoms. The van der Waals surface area contributed by atoms with Crippen LogP contribution in [0.5, 0.6) is 0 Å². The molecule has 1 N–H and O–H groups in total. The number of anilines is 1. The van der Waals surface area contributed by atoms with Gasteiger partial charge in [0.25, 0.3) is 5.69 Å². The van der Waals surface area contributed by atoms with E-state index in [4.69, 9.17) is 0 Å². The molecule has 0 amide bonds. The van der Waals surface area contributed by atoms with Crippen LogP contribution in [0.4, 0.5) is 11.4 Å². The summed E-state index contributed by atoms with van der Waals surface area (Å²) in [5, 5.41) is 13.9. The smallest absolute Gasteiger partial charge is 0.270 e. The summed E-state index contributed by atoms with van der Waals surface area (Å²) in [4.78, 5) is 10.2. The van der Waals surface area contributed by atoms with Crippen molar-refractivity contribution in [3.63, 3.8) is 0 Å². The Morgan fingerprint density at radius 2 is 2.29 bits per heavy atom. The topological polar surface area (TPSA) is 55.2 Å². The first-order chi connectivity index (χ1) is 8.04. The van der Waals surface area contributed by atoms with Crippen molar-refractivity contribution in [3.8, 4) is 0 Å². The molecule has 0 spiro atoms. The second-order valence-electron chi connectivity index (χ2n) is 3.75. The Morgan fingerprint density at radius 3 is 2.82 bits per heavy atom. The molecule has 94 valence electrons. The van der Waals surface area contributed by atoms with Gasteiger partial charge in [-0.3, -0.25) is 10.1 Å². The molecule has 1 atom stereocenters. The minimum atomic E-state index is -0.397. The molecule has 0 aliphatic heterocycles.